The molecule has 0 bridgehead atoms. The Hall–Kier alpha value is -1.10. The third kappa shape index (κ3) is 4.23. The van der Waals surface area contributed by atoms with E-state index in [1.165, 1.54) is 11.8 Å². The van der Waals surface area contributed by atoms with Crippen LogP contribution in [0.3, 0.4) is 0 Å². The van der Waals surface area contributed by atoms with Crippen molar-refractivity contribution in [2.75, 3.05) is 19.7 Å². The van der Waals surface area contributed by atoms with E-state index in [0.717, 1.165) is 0 Å². The highest BCUT2D eigenvalue weighted by Gasteiger charge is 2.18. The van der Waals surface area contributed by atoms with Crippen molar-refractivity contribution in [3.63, 3.8) is 0 Å². The van der Waals surface area contributed by atoms with Crippen LogP contribution in [0.15, 0.2) is 0 Å². The van der Waals surface area contributed by atoms with Gasteiger partial charge in [0.05, 0.1) is 6.61 Å². The van der Waals surface area contributed by atoms with E-state index in [0.29, 0.717) is 13.1 Å². The molecule has 5 heteroatoms. The van der Waals surface area contributed by atoms with E-state index in [9.17, 15) is 9.59 Å². The van der Waals surface area contributed by atoms with Gasteiger partial charge in [-0.05, 0) is 13.8 Å². The smallest absolute Gasteiger partial charge is 0.244 e. The van der Waals surface area contributed by atoms with Gasteiger partial charge in [0.2, 0.25) is 11.8 Å². The minimum Gasteiger partial charge on any atom is -0.395 e. The van der Waals surface area contributed by atoms with Crippen molar-refractivity contribution >= 4 is 11.8 Å². The van der Waals surface area contributed by atoms with E-state index in [2.05, 4.69) is 5.32 Å². The van der Waals surface area contributed by atoms with Gasteiger partial charge in [0.15, 0.2) is 0 Å². The molecular weight excluding hydrogens is 184 g/mol. The highest BCUT2D eigenvalue weighted by Crippen LogP contribution is 1.94. The lowest BCUT2D eigenvalue weighted by atomic mass is 10.3. The highest BCUT2D eigenvalue weighted by atomic mass is 16.3. The van der Waals surface area contributed by atoms with Gasteiger partial charge in [-0.1, -0.05) is 0 Å². The van der Waals surface area contributed by atoms with Crippen LogP contribution in [0.5, 0.6) is 0 Å². The fourth-order valence-electron chi connectivity index (χ4n) is 1.19. The van der Waals surface area contributed by atoms with Crippen molar-refractivity contribution in [1.82, 2.24) is 10.2 Å². The molecule has 0 aromatic rings. The molecule has 2 N–H and O–H groups in total. The van der Waals surface area contributed by atoms with Crippen LogP contribution >= 0.6 is 0 Å². The lowest BCUT2D eigenvalue weighted by Gasteiger charge is -2.23. The second-order valence-electron chi connectivity index (χ2n) is 3.06. The largest absolute Gasteiger partial charge is 0.395 e. The third-order valence-corrected chi connectivity index (χ3v) is 1.85. The molecule has 0 rings (SSSR count). The molecule has 0 aliphatic rings. The first-order chi connectivity index (χ1) is 6.52. The number of rotatable bonds is 5. The molecule has 0 saturated carbocycles. The number of nitrogens with zero attached hydrogens (tertiary/aromatic N) is 1. The summed E-state index contributed by atoms with van der Waals surface area (Å²) < 4.78 is 0. The summed E-state index contributed by atoms with van der Waals surface area (Å²) in [6, 6.07) is -0.529. The minimum atomic E-state index is -0.529. The Morgan fingerprint density at radius 2 is 2.07 bits per heavy atom. The molecular formula is C9H18N2O3. The van der Waals surface area contributed by atoms with Gasteiger partial charge in [0.1, 0.15) is 6.04 Å². The fraction of sp³-hybridized carbons (Fsp3) is 0.778. The van der Waals surface area contributed by atoms with E-state index in [1.54, 1.807) is 6.92 Å². The van der Waals surface area contributed by atoms with Gasteiger partial charge in [-0.3, -0.25) is 9.59 Å². The molecule has 0 aromatic carbocycles. The first-order valence-corrected chi connectivity index (χ1v) is 4.69. The van der Waals surface area contributed by atoms with Crippen molar-refractivity contribution in [3.05, 3.63) is 0 Å². The number of aliphatic hydroxyl groups is 1. The molecule has 1 unspecified atom stereocenters. The molecule has 1 atom stereocenters. The maximum Gasteiger partial charge on any atom is 0.244 e. The monoisotopic (exact) mass is 202 g/mol. The molecule has 82 valence electrons. The Morgan fingerprint density at radius 1 is 1.50 bits per heavy atom. The van der Waals surface area contributed by atoms with Gasteiger partial charge in [-0.2, -0.15) is 0 Å². The summed E-state index contributed by atoms with van der Waals surface area (Å²) in [6.07, 6.45) is 0. The summed E-state index contributed by atoms with van der Waals surface area (Å²) in [6.45, 7) is 5.60. The summed E-state index contributed by atoms with van der Waals surface area (Å²) in [5.74, 6) is -0.400. The normalized spacial score (nSPS) is 12.0. The molecule has 0 fully saturated rings. The summed E-state index contributed by atoms with van der Waals surface area (Å²) in [7, 11) is 0. The second-order valence-corrected chi connectivity index (χ2v) is 3.06. The van der Waals surface area contributed by atoms with Crippen LogP contribution in [-0.2, 0) is 9.59 Å². The number of carbonyl (C=O) groups is 2. The average molecular weight is 202 g/mol. The first-order valence-electron chi connectivity index (χ1n) is 4.69. The molecule has 0 spiro atoms. The number of carbonyl (C=O) groups excluding carboxylic acids is 2. The van der Waals surface area contributed by atoms with Gasteiger partial charge in [0.25, 0.3) is 0 Å². The lowest BCUT2D eigenvalue weighted by molar-refractivity contribution is -0.135. The molecule has 0 radical (unpaired) electrons. The van der Waals surface area contributed by atoms with Gasteiger partial charge >= 0.3 is 0 Å². The van der Waals surface area contributed by atoms with E-state index >= 15 is 0 Å². The lowest BCUT2D eigenvalue weighted by Crippen LogP contribution is -2.47. The zero-order chi connectivity index (χ0) is 11.1. The minimum absolute atomic E-state index is 0.0631. The number of amides is 2. The number of hydrogen-bond acceptors (Lipinski definition) is 3. The van der Waals surface area contributed by atoms with Crippen molar-refractivity contribution in [1.29, 1.82) is 0 Å². The van der Waals surface area contributed by atoms with E-state index < -0.39 is 6.04 Å². The Morgan fingerprint density at radius 3 is 2.43 bits per heavy atom. The molecule has 0 aliphatic carbocycles. The fourth-order valence-corrected chi connectivity index (χ4v) is 1.19. The van der Waals surface area contributed by atoms with Crippen LogP contribution in [0.4, 0.5) is 0 Å². The number of nitrogens with one attached hydrogen (secondary N) is 1. The number of likely N-dealkylation sites (N-methyl/N-ethyl adjacent to an activating group) is 1. The van der Waals surface area contributed by atoms with E-state index in [1.807, 2.05) is 6.92 Å². The SMILES string of the molecule is CCN(CCO)C(=O)C(C)NC(C)=O. The van der Waals surface area contributed by atoms with Crippen LogP contribution < -0.4 is 5.32 Å². The molecule has 2 amide bonds. The van der Waals surface area contributed by atoms with Crippen LogP contribution in [0, 0.1) is 0 Å². The van der Waals surface area contributed by atoms with Crippen LogP contribution in [0.2, 0.25) is 0 Å². The van der Waals surface area contributed by atoms with Crippen molar-refractivity contribution in [3.8, 4) is 0 Å². The predicted octanol–water partition coefficient (Wildman–Crippen LogP) is -0.648. The Labute approximate surface area is 84.1 Å². The zero-order valence-corrected chi connectivity index (χ0v) is 8.91. The zero-order valence-electron chi connectivity index (χ0n) is 8.91. The number of hydrogen-bond donors (Lipinski definition) is 2. The molecule has 0 aliphatic heterocycles. The van der Waals surface area contributed by atoms with Gasteiger partial charge in [-0.15, -0.1) is 0 Å². The highest BCUT2D eigenvalue weighted by molar-refractivity contribution is 5.86. The predicted molar refractivity (Wildman–Crippen MR) is 52.6 cm³/mol. The first kappa shape index (κ1) is 12.9. The summed E-state index contributed by atoms with van der Waals surface area (Å²) >= 11 is 0. The molecule has 0 aromatic heterocycles. The Kier molecular flexibility index (Phi) is 5.87. The van der Waals surface area contributed by atoms with Crippen LogP contribution in [-0.4, -0.2) is 47.6 Å². The maximum absolute atomic E-state index is 11.6. The third-order valence-electron chi connectivity index (χ3n) is 1.85. The molecule has 0 saturated heterocycles. The Balaban J connectivity index is 4.19. The van der Waals surface area contributed by atoms with Crippen molar-refractivity contribution in [2.24, 2.45) is 0 Å². The van der Waals surface area contributed by atoms with E-state index in [4.69, 9.17) is 5.11 Å². The maximum atomic E-state index is 11.6. The van der Waals surface area contributed by atoms with Gasteiger partial charge in [0, 0.05) is 20.0 Å². The summed E-state index contributed by atoms with van der Waals surface area (Å²) in [4.78, 5) is 23.8. The molecule has 14 heavy (non-hydrogen) atoms. The average Bonchev–Trinajstić information content (AvgIpc) is 2.12. The summed E-state index contributed by atoms with van der Waals surface area (Å²) in [5, 5.41) is 11.2. The van der Waals surface area contributed by atoms with E-state index in [-0.39, 0.29) is 18.4 Å². The van der Waals surface area contributed by atoms with Crippen LogP contribution in [0.25, 0.3) is 0 Å². The van der Waals surface area contributed by atoms with Gasteiger partial charge < -0.3 is 15.3 Å². The second kappa shape index (κ2) is 6.37. The molecule has 5 nitrogen and oxygen atoms in total. The van der Waals surface area contributed by atoms with Crippen molar-refractivity contribution in [2.45, 2.75) is 26.8 Å². The van der Waals surface area contributed by atoms with Crippen LogP contribution in [0.1, 0.15) is 20.8 Å². The molecule has 0 heterocycles. The Bertz CT molecular complexity index is 206. The quantitative estimate of drug-likeness (QED) is 0.622. The topological polar surface area (TPSA) is 69.6 Å². The van der Waals surface area contributed by atoms with Crippen molar-refractivity contribution < 1.29 is 14.7 Å². The number of aliphatic hydroxyl groups excluding tert-OH is 1. The van der Waals surface area contributed by atoms with Gasteiger partial charge in [-0.25, -0.2) is 0 Å². The standard InChI is InChI=1S/C9H18N2O3/c1-4-11(5-6-12)9(14)7(2)10-8(3)13/h7,12H,4-6H2,1-3H3,(H,10,13). The summed E-state index contributed by atoms with van der Waals surface area (Å²) in [5.41, 5.74) is 0.